The first-order chi connectivity index (χ1) is 10.6. The van der Waals surface area contributed by atoms with Crippen molar-refractivity contribution >= 4 is 29.6 Å². The normalized spacial score (nSPS) is 10.5. The fourth-order valence-electron chi connectivity index (χ4n) is 1.73. The van der Waals surface area contributed by atoms with E-state index >= 15 is 0 Å². The summed E-state index contributed by atoms with van der Waals surface area (Å²) in [7, 11) is 1.57. The minimum atomic E-state index is -0.502. The standard InChI is InChI=1S/C17H14ClNO3/c1-19-17(21)13-8-5-12(6-9-13)7-10-16(20)22-15-4-2-3-14(18)11-15/h2-11H,1H3,(H,19,21). The van der Waals surface area contributed by atoms with Crippen LogP contribution in [0.2, 0.25) is 5.02 Å². The summed E-state index contributed by atoms with van der Waals surface area (Å²) in [6.45, 7) is 0. The zero-order valence-electron chi connectivity index (χ0n) is 11.9. The average Bonchev–Trinajstić information content (AvgIpc) is 2.52. The third kappa shape index (κ3) is 4.46. The Balaban J connectivity index is 1.99. The number of hydrogen-bond donors (Lipinski definition) is 1. The number of nitrogens with one attached hydrogen (secondary N) is 1. The van der Waals surface area contributed by atoms with Gasteiger partial charge in [0.1, 0.15) is 5.75 Å². The molecule has 0 spiro atoms. The molecule has 0 aromatic heterocycles. The second-order valence-corrected chi connectivity index (χ2v) is 4.85. The monoisotopic (exact) mass is 315 g/mol. The molecule has 1 amide bonds. The van der Waals surface area contributed by atoms with Gasteiger partial charge in [0.15, 0.2) is 0 Å². The van der Waals surface area contributed by atoms with Gasteiger partial charge in [0.25, 0.3) is 5.91 Å². The highest BCUT2D eigenvalue weighted by molar-refractivity contribution is 6.30. The van der Waals surface area contributed by atoms with E-state index in [9.17, 15) is 9.59 Å². The van der Waals surface area contributed by atoms with E-state index in [0.29, 0.717) is 16.3 Å². The van der Waals surface area contributed by atoms with Gasteiger partial charge in [-0.3, -0.25) is 4.79 Å². The first-order valence-corrected chi connectivity index (χ1v) is 6.94. The topological polar surface area (TPSA) is 55.4 Å². The average molecular weight is 316 g/mol. The molecule has 22 heavy (non-hydrogen) atoms. The fraction of sp³-hybridized carbons (Fsp3) is 0.0588. The van der Waals surface area contributed by atoms with Crippen molar-refractivity contribution in [3.8, 4) is 5.75 Å². The molecule has 0 aliphatic heterocycles. The molecule has 0 aliphatic carbocycles. The third-order valence-electron chi connectivity index (χ3n) is 2.83. The largest absolute Gasteiger partial charge is 0.423 e. The summed E-state index contributed by atoms with van der Waals surface area (Å²) in [5.74, 6) is -0.273. The SMILES string of the molecule is CNC(=O)c1ccc(C=CC(=O)Oc2cccc(Cl)c2)cc1. The van der Waals surface area contributed by atoms with Gasteiger partial charge in [-0.15, -0.1) is 0 Å². The van der Waals surface area contributed by atoms with E-state index in [2.05, 4.69) is 5.32 Å². The lowest BCUT2D eigenvalue weighted by atomic mass is 10.1. The maximum Gasteiger partial charge on any atom is 0.336 e. The highest BCUT2D eigenvalue weighted by Gasteiger charge is 2.03. The molecule has 0 saturated carbocycles. The molecular formula is C17H14ClNO3. The summed E-state index contributed by atoms with van der Waals surface area (Å²) in [4.78, 5) is 23.1. The molecule has 5 heteroatoms. The molecule has 2 aromatic carbocycles. The minimum Gasteiger partial charge on any atom is -0.423 e. The van der Waals surface area contributed by atoms with Crippen LogP contribution in [0.25, 0.3) is 6.08 Å². The third-order valence-corrected chi connectivity index (χ3v) is 3.06. The van der Waals surface area contributed by atoms with Crippen LogP contribution in [0.5, 0.6) is 5.75 Å². The second-order valence-electron chi connectivity index (χ2n) is 4.41. The van der Waals surface area contributed by atoms with Crippen molar-refractivity contribution in [1.29, 1.82) is 0 Å². The molecule has 0 fully saturated rings. The van der Waals surface area contributed by atoms with Crippen LogP contribution in [-0.2, 0) is 4.79 Å². The molecule has 0 unspecified atom stereocenters. The van der Waals surface area contributed by atoms with Gasteiger partial charge >= 0.3 is 5.97 Å². The molecule has 1 N–H and O–H groups in total. The number of esters is 1. The lowest BCUT2D eigenvalue weighted by Gasteiger charge is -2.01. The number of halogens is 1. The van der Waals surface area contributed by atoms with Crippen molar-refractivity contribution in [1.82, 2.24) is 5.32 Å². The van der Waals surface area contributed by atoms with Gasteiger partial charge in [0.05, 0.1) is 0 Å². The van der Waals surface area contributed by atoms with Crippen molar-refractivity contribution in [2.24, 2.45) is 0 Å². The van der Waals surface area contributed by atoms with Crippen LogP contribution in [0.15, 0.2) is 54.6 Å². The Morgan fingerprint density at radius 2 is 1.86 bits per heavy atom. The Morgan fingerprint density at radius 1 is 1.14 bits per heavy atom. The number of amides is 1. The van der Waals surface area contributed by atoms with Crippen LogP contribution >= 0.6 is 11.6 Å². The summed E-state index contributed by atoms with van der Waals surface area (Å²) < 4.78 is 5.12. The zero-order valence-corrected chi connectivity index (χ0v) is 12.6. The minimum absolute atomic E-state index is 0.157. The molecule has 2 aromatic rings. The van der Waals surface area contributed by atoms with E-state index in [1.807, 2.05) is 0 Å². The Kier molecular flexibility index (Phi) is 5.33. The van der Waals surface area contributed by atoms with Crippen LogP contribution in [-0.4, -0.2) is 18.9 Å². The molecule has 0 aliphatic rings. The smallest absolute Gasteiger partial charge is 0.336 e. The second kappa shape index (κ2) is 7.43. The van der Waals surface area contributed by atoms with Gasteiger partial charge in [-0.1, -0.05) is 29.8 Å². The van der Waals surface area contributed by atoms with E-state index in [1.165, 1.54) is 6.08 Å². The summed E-state index contributed by atoms with van der Waals surface area (Å²) in [6.07, 6.45) is 2.93. The first-order valence-electron chi connectivity index (χ1n) is 6.56. The Labute approximate surface area is 133 Å². The molecule has 4 nitrogen and oxygen atoms in total. The molecule has 0 saturated heterocycles. The predicted octanol–water partition coefficient (Wildman–Crippen LogP) is 3.32. The van der Waals surface area contributed by atoms with Gasteiger partial charge in [-0.2, -0.15) is 0 Å². The van der Waals surface area contributed by atoms with Crippen molar-refractivity contribution in [3.63, 3.8) is 0 Å². The summed E-state index contributed by atoms with van der Waals surface area (Å²) in [5, 5.41) is 3.04. The molecule has 0 radical (unpaired) electrons. The van der Waals surface area contributed by atoms with Gasteiger partial charge in [-0.05, 0) is 42.0 Å². The van der Waals surface area contributed by atoms with Gasteiger partial charge < -0.3 is 10.1 Å². The first kappa shape index (κ1) is 15.8. The fourth-order valence-corrected chi connectivity index (χ4v) is 1.92. The summed E-state index contributed by atoms with van der Waals surface area (Å²) >= 11 is 5.81. The lowest BCUT2D eigenvalue weighted by molar-refractivity contribution is -0.128. The van der Waals surface area contributed by atoms with Crippen molar-refractivity contribution < 1.29 is 14.3 Å². The summed E-state index contributed by atoms with van der Waals surface area (Å²) in [5.41, 5.74) is 1.34. The zero-order chi connectivity index (χ0) is 15.9. The van der Waals surface area contributed by atoms with E-state index in [4.69, 9.17) is 16.3 Å². The predicted molar refractivity (Wildman–Crippen MR) is 86.0 cm³/mol. The number of ether oxygens (including phenoxy) is 1. The Morgan fingerprint density at radius 3 is 2.50 bits per heavy atom. The van der Waals surface area contributed by atoms with Crippen molar-refractivity contribution in [2.45, 2.75) is 0 Å². The number of carbonyl (C=O) groups excluding carboxylic acids is 2. The number of benzene rings is 2. The molecule has 112 valence electrons. The molecule has 0 heterocycles. The van der Waals surface area contributed by atoms with E-state index < -0.39 is 5.97 Å². The van der Waals surface area contributed by atoms with Gasteiger partial charge in [0, 0.05) is 23.7 Å². The number of hydrogen-bond acceptors (Lipinski definition) is 3. The lowest BCUT2D eigenvalue weighted by Crippen LogP contribution is -2.17. The van der Waals surface area contributed by atoms with E-state index in [0.717, 1.165) is 5.56 Å². The van der Waals surface area contributed by atoms with Gasteiger partial charge in [0.2, 0.25) is 0 Å². The Hall–Kier alpha value is -2.59. The summed E-state index contributed by atoms with van der Waals surface area (Å²) in [6, 6.07) is 13.5. The molecule has 2 rings (SSSR count). The van der Waals surface area contributed by atoms with Crippen LogP contribution in [0.4, 0.5) is 0 Å². The highest BCUT2D eigenvalue weighted by atomic mass is 35.5. The molecule has 0 atom stereocenters. The molecule has 0 bridgehead atoms. The maximum absolute atomic E-state index is 11.7. The molecular weight excluding hydrogens is 302 g/mol. The quantitative estimate of drug-likeness (QED) is 0.535. The Bertz CT molecular complexity index is 708. The van der Waals surface area contributed by atoms with Crippen LogP contribution < -0.4 is 10.1 Å². The van der Waals surface area contributed by atoms with Crippen molar-refractivity contribution in [3.05, 3.63) is 70.8 Å². The van der Waals surface area contributed by atoms with Crippen LogP contribution in [0.1, 0.15) is 15.9 Å². The maximum atomic E-state index is 11.7. The van der Waals surface area contributed by atoms with Gasteiger partial charge in [-0.25, -0.2) is 4.79 Å². The highest BCUT2D eigenvalue weighted by Crippen LogP contribution is 2.17. The van der Waals surface area contributed by atoms with E-state index in [1.54, 1.807) is 61.7 Å². The number of rotatable bonds is 4. The van der Waals surface area contributed by atoms with E-state index in [-0.39, 0.29) is 5.91 Å². The van der Waals surface area contributed by atoms with Crippen molar-refractivity contribution in [2.75, 3.05) is 7.05 Å². The van der Waals surface area contributed by atoms with Crippen LogP contribution in [0.3, 0.4) is 0 Å². The van der Waals surface area contributed by atoms with Crippen LogP contribution in [0, 0.1) is 0 Å². The number of carbonyl (C=O) groups is 2.